The Hall–Kier alpha value is -2.00. The van der Waals surface area contributed by atoms with Gasteiger partial charge in [-0.15, -0.1) is 0 Å². The molecule has 0 saturated heterocycles. The van der Waals surface area contributed by atoms with E-state index in [1.165, 1.54) is 0 Å². The van der Waals surface area contributed by atoms with Crippen LogP contribution in [0, 0.1) is 0 Å². The Labute approximate surface area is 147 Å². The Kier molecular flexibility index (Phi) is 5.55. The lowest BCUT2D eigenvalue weighted by molar-refractivity contribution is 0.414. The maximum atomic E-state index is 6.31. The van der Waals surface area contributed by atoms with Crippen LogP contribution in [0.25, 0.3) is 12.2 Å². The first kappa shape index (κ1) is 18.3. The average molecular weight is 341 g/mol. The van der Waals surface area contributed by atoms with Crippen molar-refractivity contribution in [2.24, 2.45) is 0 Å². The third-order valence-corrected chi connectivity index (χ3v) is 8.98. The Morgan fingerprint density at radius 3 is 2.04 bits per heavy atom. The predicted octanol–water partition coefficient (Wildman–Crippen LogP) is 6.25. The number of rotatable bonds is 5. The molecule has 3 heteroatoms. The zero-order valence-corrected chi connectivity index (χ0v) is 16.6. The minimum atomic E-state index is -1.78. The van der Waals surface area contributed by atoms with Gasteiger partial charge in [0.25, 0.3) is 0 Å². The number of benzene rings is 2. The van der Waals surface area contributed by atoms with Gasteiger partial charge in [0.05, 0.1) is 7.11 Å². The maximum Gasteiger partial charge on any atom is 0.250 e. The van der Waals surface area contributed by atoms with Crippen molar-refractivity contribution in [1.82, 2.24) is 0 Å². The molecular weight excluding hydrogens is 312 g/mol. The molecule has 2 rings (SSSR count). The summed E-state index contributed by atoms with van der Waals surface area (Å²) in [6.07, 6.45) is 4.19. The Morgan fingerprint density at radius 1 is 0.833 bits per heavy atom. The van der Waals surface area contributed by atoms with Gasteiger partial charge in [0.15, 0.2) is 0 Å². The third kappa shape index (κ3) is 4.75. The van der Waals surface area contributed by atoms with E-state index in [1.807, 2.05) is 18.2 Å². The molecule has 0 fully saturated rings. The van der Waals surface area contributed by atoms with E-state index >= 15 is 0 Å². The predicted molar refractivity (Wildman–Crippen MR) is 106 cm³/mol. The molecule has 0 atom stereocenters. The number of hydrogen-bond acceptors (Lipinski definition) is 2. The second-order valence-electron chi connectivity index (χ2n) is 7.54. The molecule has 0 radical (unpaired) electrons. The molecule has 0 aliphatic carbocycles. The van der Waals surface area contributed by atoms with Crippen molar-refractivity contribution in [3.63, 3.8) is 0 Å². The van der Waals surface area contributed by atoms with E-state index in [2.05, 4.69) is 76.3 Å². The van der Waals surface area contributed by atoms with Gasteiger partial charge in [-0.25, -0.2) is 0 Å². The van der Waals surface area contributed by atoms with Crippen LogP contribution in [0.5, 0.6) is 11.5 Å². The highest BCUT2D eigenvalue weighted by Gasteiger charge is 2.38. The molecule has 0 aliphatic rings. The Bertz CT molecular complexity index is 695. The smallest absolute Gasteiger partial charge is 0.250 e. The standard InChI is InChI=1S/C21H28O2Si/c1-21(2,3)24(5,6)23-19-14-12-17(13-15-19)10-11-18-8-7-9-20(16-18)22-4/h7-16H,1-6H3/b11-10+. The summed E-state index contributed by atoms with van der Waals surface area (Å²) in [7, 11) is -0.0923. The fraction of sp³-hybridized carbons (Fsp3) is 0.333. The van der Waals surface area contributed by atoms with Crippen molar-refractivity contribution in [3.05, 3.63) is 59.7 Å². The van der Waals surface area contributed by atoms with Crippen molar-refractivity contribution in [2.75, 3.05) is 7.11 Å². The van der Waals surface area contributed by atoms with Crippen molar-refractivity contribution >= 4 is 20.5 Å². The summed E-state index contributed by atoms with van der Waals surface area (Å²) < 4.78 is 11.6. The van der Waals surface area contributed by atoms with E-state index < -0.39 is 8.32 Å². The molecule has 0 spiro atoms. The molecule has 0 unspecified atom stereocenters. The van der Waals surface area contributed by atoms with Crippen LogP contribution in [0.15, 0.2) is 48.5 Å². The van der Waals surface area contributed by atoms with Crippen molar-refractivity contribution in [2.45, 2.75) is 38.9 Å². The second-order valence-corrected chi connectivity index (χ2v) is 12.3. The highest BCUT2D eigenvalue weighted by Crippen LogP contribution is 2.37. The zero-order chi connectivity index (χ0) is 17.8. The highest BCUT2D eigenvalue weighted by molar-refractivity contribution is 6.74. The van der Waals surface area contributed by atoms with Gasteiger partial charge in [-0.1, -0.05) is 57.2 Å². The first-order chi connectivity index (χ1) is 11.2. The van der Waals surface area contributed by atoms with E-state index in [1.54, 1.807) is 7.11 Å². The van der Waals surface area contributed by atoms with Gasteiger partial charge in [-0.05, 0) is 53.5 Å². The quantitative estimate of drug-likeness (QED) is 0.473. The first-order valence-electron chi connectivity index (χ1n) is 8.32. The summed E-state index contributed by atoms with van der Waals surface area (Å²) in [5.74, 6) is 1.83. The van der Waals surface area contributed by atoms with Crippen LogP contribution in [-0.4, -0.2) is 15.4 Å². The van der Waals surface area contributed by atoms with Gasteiger partial charge in [0, 0.05) is 0 Å². The van der Waals surface area contributed by atoms with Gasteiger partial charge in [0.1, 0.15) is 11.5 Å². The van der Waals surface area contributed by atoms with Gasteiger partial charge in [0.2, 0.25) is 8.32 Å². The molecule has 0 aliphatic heterocycles. The fourth-order valence-corrected chi connectivity index (χ4v) is 3.06. The van der Waals surface area contributed by atoms with E-state index in [-0.39, 0.29) is 5.04 Å². The van der Waals surface area contributed by atoms with Crippen molar-refractivity contribution in [3.8, 4) is 11.5 Å². The van der Waals surface area contributed by atoms with Gasteiger partial charge < -0.3 is 9.16 Å². The lowest BCUT2D eigenvalue weighted by atomic mass is 10.1. The minimum Gasteiger partial charge on any atom is -0.544 e. The summed E-state index contributed by atoms with van der Waals surface area (Å²) in [6, 6.07) is 16.3. The molecule has 0 aromatic heterocycles. The van der Waals surface area contributed by atoms with Gasteiger partial charge in [-0.3, -0.25) is 0 Å². The monoisotopic (exact) mass is 340 g/mol. The number of methoxy groups -OCH3 is 1. The molecule has 2 aromatic carbocycles. The summed E-state index contributed by atoms with van der Waals surface area (Å²) in [5.41, 5.74) is 2.27. The Balaban J connectivity index is 2.08. The van der Waals surface area contributed by atoms with Crippen molar-refractivity contribution < 1.29 is 9.16 Å². The van der Waals surface area contributed by atoms with E-state index in [0.717, 1.165) is 22.6 Å². The molecule has 2 aromatic rings. The van der Waals surface area contributed by atoms with Crippen LogP contribution in [0.1, 0.15) is 31.9 Å². The molecule has 0 heterocycles. The Morgan fingerprint density at radius 2 is 1.46 bits per heavy atom. The lowest BCUT2D eigenvalue weighted by Gasteiger charge is -2.36. The van der Waals surface area contributed by atoms with E-state index in [9.17, 15) is 0 Å². The van der Waals surface area contributed by atoms with E-state index in [0.29, 0.717) is 0 Å². The minimum absolute atomic E-state index is 0.206. The third-order valence-electron chi connectivity index (χ3n) is 4.62. The topological polar surface area (TPSA) is 18.5 Å². The summed E-state index contributed by atoms with van der Waals surface area (Å²) in [6.45, 7) is 11.3. The maximum absolute atomic E-state index is 6.31. The second kappa shape index (κ2) is 7.26. The summed E-state index contributed by atoms with van der Waals surface area (Å²) in [5, 5.41) is 0.206. The normalized spacial score (nSPS) is 12.4. The van der Waals surface area contributed by atoms with Gasteiger partial charge in [-0.2, -0.15) is 0 Å². The van der Waals surface area contributed by atoms with Gasteiger partial charge >= 0.3 is 0 Å². The zero-order valence-electron chi connectivity index (χ0n) is 15.6. The van der Waals surface area contributed by atoms with E-state index in [4.69, 9.17) is 9.16 Å². The SMILES string of the molecule is COc1cccc(/C=C/c2ccc(O[Si](C)(C)C(C)(C)C)cc2)c1. The highest BCUT2D eigenvalue weighted by atomic mass is 28.4. The average Bonchev–Trinajstić information content (AvgIpc) is 2.53. The summed E-state index contributed by atoms with van der Waals surface area (Å²) >= 11 is 0. The molecule has 128 valence electrons. The lowest BCUT2D eigenvalue weighted by Crippen LogP contribution is -2.43. The van der Waals surface area contributed by atoms with Crippen molar-refractivity contribution in [1.29, 1.82) is 0 Å². The van der Waals surface area contributed by atoms with Crippen LogP contribution >= 0.6 is 0 Å². The molecular formula is C21H28O2Si. The summed E-state index contributed by atoms with van der Waals surface area (Å²) in [4.78, 5) is 0. The van der Waals surface area contributed by atoms with Crippen LogP contribution in [-0.2, 0) is 0 Å². The fourth-order valence-electron chi connectivity index (χ4n) is 2.03. The molecule has 24 heavy (non-hydrogen) atoms. The van der Waals surface area contributed by atoms with Crippen LogP contribution in [0.3, 0.4) is 0 Å². The first-order valence-corrected chi connectivity index (χ1v) is 11.2. The number of hydrogen-bond donors (Lipinski definition) is 0. The molecule has 0 amide bonds. The van der Waals surface area contributed by atoms with Crippen LogP contribution in [0.2, 0.25) is 18.1 Å². The van der Waals surface area contributed by atoms with Crippen LogP contribution in [0.4, 0.5) is 0 Å². The largest absolute Gasteiger partial charge is 0.544 e. The van der Waals surface area contributed by atoms with Crippen LogP contribution < -0.4 is 9.16 Å². The molecule has 0 bridgehead atoms. The number of ether oxygens (including phenoxy) is 1. The molecule has 0 saturated carbocycles. The molecule has 2 nitrogen and oxygen atoms in total. The molecule has 0 N–H and O–H groups in total.